The Morgan fingerprint density at radius 3 is 2.79 bits per heavy atom. The van der Waals surface area contributed by atoms with Crippen molar-refractivity contribution in [3.05, 3.63) is 63.3 Å². The minimum atomic E-state index is -0.351. The lowest BCUT2D eigenvalue weighted by Crippen LogP contribution is -2.39. The molecule has 1 aromatic carbocycles. The summed E-state index contributed by atoms with van der Waals surface area (Å²) in [5.74, 6) is -0.351. The van der Waals surface area contributed by atoms with Gasteiger partial charge in [0.1, 0.15) is 5.69 Å². The van der Waals surface area contributed by atoms with E-state index in [1.807, 2.05) is 44.2 Å². The largest absolute Gasteiger partial charge is 0.350 e. The molecule has 4 rings (SSSR count). The summed E-state index contributed by atoms with van der Waals surface area (Å²) in [6.07, 6.45) is 1.42. The van der Waals surface area contributed by atoms with E-state index in [0.29, 0.717) is 5.65 Å². The summed E-state index contributed by atoms with van der Waals surface area (Å²) in [7, 11) is 1.64. The Labute approximate surface area is 165 Å². The van der Waals surface area contributed by atoms with Crippen LogP contribution >= 0.6 is 11.6 Å². The van der Waals surface area contributed by atoms with Crippen LogP contribution in [0.15, 0.2) is 41.3 Å². The summed E-state index contributed by atoms with van der Waals surface area (Å²) < 4.78 is 4.40. The Morgan fingerprint density at radius 1 is 1.32 bits per heavy atom. The van der Waals surface area contributed by atoms with E-state index in [0.717, 1.165) is 16.5 Å². The van der Waals surface area contributed by atoms with Crippen LogP contribution in [0.3, 0.4) is 0 Å². The van der Waals surface area contributed by atoms with Crippen molar-refractivity contribution in [2.24, 2.45) is 7.05 Å². The second-order valence-electron chi connectivity index (χ2n) is 6.85. The number of nitrogens with zero attached hydrogens (tertiary/aromatic N) is 5. The quantitative estimate of drug-likeness (QED) is 0.570. The predicted octanol–water partition coefficient (Wildman–Crippen LogP) is 2.16. The fourth-order valence-corrected chi connectivity index (χ4v) is 3.63. The van der Waals surface area contributed by atoms with Gasteiger partial charge in [-0.3, -0.25) is 9.48 Å². The molecular formula is C19H19ClN6O2. The lowest BCUT2D eigenvalue weighted by Gasteiger charge is -2.13. The average Bonchev–Trinajstić information content (AvgIpc) is 3.15. The molecule has 1 N–H and O–H groups in total. The molecule has 0 aliphatic carbocycles. The van der Waals surface area contributed by atoms with Crippen LogP contribution < -0.4 is 11.0 Å². The average molecular weight is 399 g/mol. The van der Waals surface area contributed by atoms with Crippen LogP contribution in [0.5, 0.6) is 0 Å². The van der Waals surface area contributed by atoms with Crippen molar-refractivity contribution in [2.45, 2.75) is 26.4 Å². The van der Waals surface area contributed by atoms with E-state index in [-0.39, 0.29) is 34.9 Å². The van der Waals surface area contributed by atoms with Crippen molar-refractivity contribution in [1.82, 2.24) is 29.3 Å². The molecule has 1 atom stereocenters. The summed E-state index contributed by atoms with van der Waals surface area (Å²) in [6.45, 7) is 3.97. The first-order chi connectivity index (χ1) is 13.4. The van der Waals surface area contributed by atoms with E-state index >= 15 is 0 Å². The maximum atomic E-state index is 13.0. The van der Waals surface area contributed by atoms with Crippen molar-refractivity contribution in [2.75, 3.05) is 0 Å². The number of halogens is 1. The Morgan fingerprint density at radius 2 is 2.07 bits per heavy atom. The maximum Gasteiger partial charge on any atom is 0.350 e. The van der Waals surface area contributed by atoms with Crippen LogP contribution in [0.2, 0.25) is 5.02 Å². The number of fused-ring (bicyclic) bond motifs is 3. The number of aromatic nitrogens is 5. The molecule has 28 heavy (non-hydrogen) atoms. The van der Waals surface area contributed by atoms with Gasteiger partial charge in [-0.2, -0.15) is 5.10 Å². The first-order valence-corrected chi connectivity index (χ1v) is 9.21. The molecule has 8 nitrogen and oxygen atoms in total. The van der Waals surface area contributed by atoms with Gasteiger partial charge in [0, 0.05) is 13.1 Å². The molecular weight excluding hydrogens is 380 g/mol. The zero-order chi connectivity index (χ0) is 20.0. The maximum absolute atomic E-state index is 13.0. The molecule has 3 heterocycles. The number of amides is 1. The zero-order valence-corrected chi connectivity index (χ0v) is 16.4. The van der Waals surface area contributed by atoms with Gasteiger partial charge in [0.15, 0.2) is 5.65 Å². The van der Waals surface area contributed by atoms with E-state index in [1.54, 1.807) is 11.4 Å². The predicted molar refractivity (Wildman–Crippen MR) is 107 cm³/mol. The van der Waals surface area contributed by atoms with Crippen molar-refractivity contribution in [3.8, 4) is 0 Å². The first kappa shape index (κ1) is 18.2. The summed E-state index contributed by atoms with van der Waals surface area (Å²) in [5.41, 5.74) is 2.36. The highest BCUT2D eigenvalue weighted by atomic mass is 35.5. The zero-order valence-electron chi connectivity index (χ0n) is 15.7. The fourth-order valence-electron chi connectivity index (χ4n) is 3.37. The fraction of sp³-hybridized carbons (Fsp3) is 0.263. The van der Waals surface area contributed by atoms with Crippen LogP contribution in [0.1, 0.15) is 23.0 Å². The minimum absolute atomic E-state index is 0.232. The van der Waals surface area contributed by atoms with Crippen LogP contribution in [0, 0.1) is 6.92 Å². The SMILES string of the molecule is Cc1cc2ccccc2n2c(=O)n(CC(C)NC(=O)c3c(Cl)cnn3C)nc12. The van der Waals surface area contributed by atoms with E-state index in [4.69, 9.17) is 11.6 Å². The Hall–Kier alpha value is -3.13. The molecule has 0 bridgehead atoms. The number of nitrogens with one attached hydrogen (secondary N) is 1. The number of carbonyl (C=O) groups is 1. The number of aryl methyl sites for hydroxylation is 2. The lowest BCUT2D eigenvalue weighted by atomic mass is 10.1. The van der Waals surface area contributed by atoms with Crippen molar-refractivity contribution < 1.29 is 4.79 Å². The molecule has 4 aromatic rings. The summed E-state index contributed by atoms with van der Waals surface area (Å²) in [4.78, 5) is 25.4. The third-order valence-corrected chi connectivity index (χ3v) is 4.95. The number of hydrogen-bond donors (Lipinski definition) is 1. The molecule has 3 aromatic heterocycles. The molecule has 0 aliphatic heterocycles. The molecule has 0 spiro atoms. The summed E-state index contributed by atoms with van der Waals surface area (Å²) in [5, 5.41) is 12.5. The normalized spacial score (nSPS) is 12.6. The second-order valence-corrected chi connectivity index (χ2v) is 7.26. The van der Waals surface area contributed by atoms with Crippen LogP contribution in [0.4, 0.5) is 0 Å². The molecule has 9 heteroatoms. The van der Waals surface area contributed by atoms with Gasteiger partial charge >= 0.3 is 5.69 Å². The Kier molecular flexibility index (Phi) is 4.43. The van der Waals surface area contributed by atoms with E-state index in [9.17, 15) is 9.59 Å². The second kappa shape index (κ2) is 6.79. The molecule has 0 fully saturated rings. The molecule has 1 unspecified atom stereocenters. The van der Waals surface area contributed by atoms with E-state index in [1.165, 1.54) is 15.6 Å². The van der Waals surface area contributed by atoms with Gasteiger partial charge < -0.3 is 5.32 Å². The van der Waals surface area contributed by atoms with Crippen LogP contribution in [-0.4, -0.2) is 35.9 Å². The van der Waals surface area contributed by atoms with Gasteiger partial charge in [-0.05, 0) is 36.9 Å². The number of pyridine rings is 1. The first-order valence-electron chi connectivity index (χ1n) is 8.83. The smallest absolute Gasteiger partial charge is 0.346 e. The number of carbonyl (C=O) groups excluding carboxylic acids is 1. The highest BCUT2D eigenvalue weighted by Crippen LogP contribution is 2.18. The van der Waals surface area contributed by atoms with Gasteiger partial charge in [-0.1, -0.05) is 29.8 Å². The lowest BCUT2D eigenvalue weighted by molar-refractivity contribution is 0.0926. The third-order valence-electron chi connectivity index (χ3n) is 4.68. The standard InChI is InChI=1S/C19H19ClN6O2/c1-11-8-13-6-4-5-7-15(13)26-17(11)23-25(19(26)28)10-12(2)22-18(27)16-14(20)9-21-24(16)3/h4-9,12H,10H2,1-3H3,(H,22,27). The third kappa shape index (κ3) is 2.95. The minimum Gasteiger partial charge on any atom is -0.346 e. The van der Waals surface area contributed by atoms with Crippen molar-refractivity contribution >= 4 is 34.1 Å². The van der Waals surface area contributed by atoms with Gasteiger partial charge in [0.05, 0.1) is 23.3 Å². The van der Waals surface area contributed by atoms with Crippen LogP contribution in [-0.2, 0) is 13.6 Å². The molecule has 1 amide bonds. The topological polar surface area (TPSA) is 86.2 Å². The highest BCUT2D eigenvalue weighted by molar-refractivity contribution is 6.33. The Balaban J connectivity index is 1.66. The monoisotopic (exact) mass is 398 g/mol. The van der Waals surface area contributed by atoms with Gasteiger partial charge in [0.25, 0.3) is 5.91 Å². The Bertz CT molecular complexity index is 1250. The van der Waals surface area contributed by atoms with Gasteiger partial charge in [0.2, 0.25) is 0 Å². The number of rotatable bonds is 4. The van der Waals surface area contributed by atoms with Crippen molar-refractivity contribution in [1.29, 1.82) is 0 Å². The molecule has 0 aliphatic rings. The van der Waals surface area contributed by atoms with Crippen LogP contribution in [0.25, 0.3) is 16.6 Å². The highest BCUT2D eigenvalue weighted by Gasteiger charge is 2.19. The number of benzene rings is 1. The molecule has 0 saturated heterocycles. The summed E-state index contributed by atoms with van der Waals surface area (Å²) in [6, 6.07) is 9.35. The molecule has 0 saturated carbocycles. The molecule has 0 radical (unpaired) electrons. The van der Waals surface area contributed by atoms with Crippen molar-refractivity contribution in [3.63, 3.8) is 0 Å². The number of hydrogen-bond acceptors (Lipinski definition) is 4. The van der Waals surface area contributed by atoms with Gasteiger partial charge in [-0.15, -0.1) is 5.10 Å². The van der Waals surface area contributed by atoms with E-state index < -0.39 is 0 Å². The molecule has 144 valence electrons. The van der Waals surface area contributed by atoms with Gasteiger partial charge in [-0.25, -0.2) is 13.9 Å². The summed E-state index contributed by atoms with van der Waals surface area (Å²) >= 11 is 6.02. The number of para-hydroxylation sites is 1. The van der Waals surface area contributed by atoms with E-state index in [2.05, 4.69) is 15.5 Å².